The molecule has 3 fully saturated rings. The highest BCUT2D eigenvalue weighted by molar-refractivity contribution is 5.99. The topological polar surface area (TPSA) is 43.4 Å². The molecule has 3 aliphatic rings. The van der Waals surface area contributed by atoms with Gasteiger partial charge in [0.25, 0.3) is 0 Å². The second-order valence-corrected chi connectivity index (χ2v) is 11.0. The van der Waals surface area contributed by atoms with E-state index in [0.29, 0.717) is 24.9 Å². The molecule has 0 aliphatic heterocycles. The van der Waals surface area contributed by atoms with Gasteiger partial charge in [-0.05, 0) is 87.4 Å². The van der Waals surface area contributed by atoms with Crippen LogP contribution >= 0.6 is 0 Å². The molecule has 0 heterocycles. The molecule has 0 saturated heterocycles. The summed E-state index contributed by atoms with van der Waals surface area (Å²) in [6.07, 6.45) is 20.9. The van der Waals surface area contributed by atoms with Crippen molar-refractivity contribution in [3.05, 3.63) is 0 Å². The van der Waals surface area contributed by atoms with Crippen LogP contribution in [0, 0.1) is 35.5 Å². The van der Waals surface area contributed by atoms with Crippen molar-refractivity contribution in [2.24, 2.45) is 35.5 Å². The van der Waals surface area contributed by atoms with E-state index in [9.17, 15) is 9.59 Å². The number of hydrogen-bond acceptors (Lipinski definition) is 3. The SMILES string of the molecule is CCCCCOC(=O)C1CCC(C2CCC([C@H]3CC[C@H](CCCC)CC3)CC2)CC1=O. The number of unbranched alkanes of at least 4 members (excludes halogenated alkanes) is 3. The van der Waals surface area contributed by atoms with Crippen LogP contribution < -0.4 is 0 Å². The molecular weight excluding hydrogens is 384 g/mol. The Hall–Kier alpha value is -0.860. The number of esters is 1. The molecule has 0 aromatic carbocycles. The van der Waals surface area contributed by atoms with Crippen LogP contribution in [0.25, 0.3) is 0 Å². The highest BCUT2D eigenvalue weighted by Gasteiger charge is 2.39. The molecule has 2 atom stereocenters. The number of carbonyl (C=O) groups excluding carboxylic acids is 2. The molecule has 0 N–H and O–H groups in total. The van der Waals surface area contributed by atoms with Gasteiger partial charge in [0.1, 0.15) is 11.7 Å². The zero-order valence-corrected chi connectivity index (χ0v) is 20.4. The van der Waals surface area contributed by atoms with Crippen molar-refractivity contribution in [3.63, 3.8) is 0 Å². The van der Waals surface area contributed by atoms with E-state index in [1.54, 1.807) is 0 Å². The summed E-state index contributed by atoms with van der Waals surface area (Å²) in [6, 6.07) is 0. The lowest BCUT2D eigenvalue weighted by Crippen LogP contribution is -2.36. The fourth-order valence-electron chi connectivity index (χ4n) is 6.85. The maximum atomic E-state index is 12.7. The number of hydrogen-bond donors (Lipinski definition) is 0. The Morgan fingerprint density at radius 2 is 1.29 bits per heavy atom. The van der Waals surface area contributed by atoms with E-state index in [-0.39, 0.29) is 11.8 Å². The van der Waals surface area contributed by atoms with Crippen molar-refractivity contribution in [1.29, 1.82) is 0 Å². The Kier molecular flexibility index (Phi) is 10.4. The summed E-state index contributed by atoms with van der Waals surface area (Å²) in [6.45, 7) is 4.92. The van der Waals surface area contributed by atoms with Crippen molar-refractivity contribution in [3.8, 4) is 0 Å². The van der Waals surface area contributed by atoms with E-state index < -0.39 is 5.92 Å². The summed E-state index contributed by atoms with van der Waals surface area (Å²) in [7, 11) is 0. The van der Waals surface area contributed by atoms with Crippen LogP contribution in [0.5, 0.6) is 0 Å². The van der Waals surface area contributed by atoms with E-state index in [0.717, 1.165) is 49.9 Å². The molecule has 3 heteroatoms. The normalized spacial score (nSPS) is 34.5. The van der Waals surface area contributed by atoms with Gasteiger partial charge in [-0.3, -0.25) is 9.59 Å². The zero-order valence-electron chi connectivity index (χ0n) is 20.4. The van der Waals surface area contributed by atoms with E-state index in [1.807, 2.05) is 0 Å². The van der Waals surface area contributed by atoms with Crippen LogP contribution in [0.4, 0.5) is 0 Å². The van der Waals surface area contributed by atoms with Crippen LogP contribution in [0.3, 0.4) is 0 Å². The average molecular weight is 433 g/mol. The summed E-state index contributed by atoms with van der Waals surface area (Å²) in [5, 5.41) is 0. The number of ketones is 1. The fourth-order valence-corrected chi connectivity index (χ4v) is 6.85. The molecule has 0 spiro atoms. The van der Waals surface area contributed by atoms with E-state index >= 15 is 0 Å². The van der Waals surface area contributed by atoms with Gasteiger partial charge in [0.15, 0.2) is 0 Å². The predicted octanol–water partition coefficient (Wildman–Crippen LogP) is 7.51. The largest absolute Gasteiger partial charge is 0.465 e. The first-order valence-electron chi connectivity index (χ1n) is 13.8. The van der Waals surface area contributed by atoms with Gasteiger partial charge in [-0.2, -0.15) is 0 Å². The number of rotatable bonds is 10. The van der Waals surface area contributed by atoms with Gasteiger partial charge in [0.2, 0.25) is 0 Å². The molecule has 3 nitrogen and oxygen atoms in total. The third kappa shape index (κ3) is 7.32. The highest BCUT2D eigenvalue weighted by atomic mass is 16.5. The number of ether oxygens (including phenoxy) is 1. The Morgan fingerprint density at radius 3 is 1.87 bits per heavy atom. The van der Waals surface area contributed by atoms with Crippen molar-refractivity contribution in [2.75, 3.05) is 6.61 Å². The molecule has 0 bridgehead atoms. The third-order valence-electron chi connectivity index (χ3n) is 8.96. The van der Waals surface area contributed by atoms with E-state index in [1.165, 1.54) is 70.6 Å². The van der Waals surface area contributed by atoms with Gasteiger partial charge in [-0.15, -0.1) is 0 Å². The van der Waals surface area contributed by atoms with Crippen LogP contribution in [0.15, 0.2) is 0 Å². The average Bonchev–Trinajstić information content (AvgIpc) is 2.81. The first kappa shape index (κ1) is 24.8. The zero-order chi connectivity index (χ0) is 22.1. The quantitative estimate of drug-likeness (QED) is 0.204. The Balaban J connectivity index is 1.35. The minimum atomic E-state index is -0.475. The van der Waals surface area contributed by atoms with Crippen molar-refractivity contribution < 1.29 is 14.3 Å². The summed E-state index contributed by atoms with van der Waals surface area (Å²) in [5.74, 6) is 3.57. The smallest absolute Gasteiger partial charge is 0.316 e. The molecule has 3 rings (SSSR count). The predicted molar refractivity (Wildman–Crippen MR) is 127 cm³/mol. The Bertz CT molecular complexity index is 540. The monoisotopic (exact) mass is 432 g/mol. The second kappa shape index (κ2) is 13.0. The lowest BCUT2D eigenvalue weighted by molar-refractivity contribution is -0.154. The lowest BCUT2D eigenvalue weighted by atomic mass is 9.64. The van der Waals surface area contributed by atoms with Gasteiger partial charge >= 0.3 is 5.97 Å². The number of Topliss-reactive ketones (excluding diaryl/α,β-unsaturated/α-hetero) is 1. The van der Waals surface area contributed by atoms with Gasteiger partial charge in [-0.1, -0.05) is 58.8 Å². The second-order valence-electron chi connectivity index (χ2n) is 11.0. The maximum Gasteiger partial charge on any atom is 0.316 e. The molecule has 0 radical (unpaired) electrons. The molecular formula is C28H48O3. The first-order valence-corrected chi connectivity index (χ1v) is 13.8. The summed E-state index contributed by atoms with van der Waals surface area (Å²) in [5.41, 5.74) is 0. The van der Waals surface area contributed by atoms with E-state index in [4.69, 9.17) is 4.74 Å². The van der Waals surface area contributed by atoms with Crippen molar-refractivity contribution >= 4 is 11.8 Å². The lowest BCUT2D eigenvalue weighted by Gasteiger charge is -2.41. The first-order chi connectivity index (χ1) is 15.1. The summed E-state index contributed by atoms with van der Waals surface area (Å²) < 4.78 is 5.39. The molecule has 2 unspecified atom stereocenters. The molecule has 178 valence electrons. The molecule has 3 saturated carbocycles. The van der Waals surface area contributed by atoms with Crippen LogP contribution in [-0.4, -0.2) is 18.4 Å². The van der Waals surface area contributed by atoms with Gasteiger partial charge in [0, 0.05) is 6.42 Å². The Morgan fingerprint density at radius 1 is 0.742 bits per heavy atom. The molecule has 31 heavy (non-hydrogen) atoms. The summed E-state index contributed by atoms with van der Waals surface area (Å²) >= 11 is 0. The van der Waals surface area contributed by atoms with E-state index in [2.05, 4.69) is 13.8 Å². The summed E-state index contributed by atoms with van der Waals surface area (Å²) in [4.78, 5) is 25.0. The van der Waals surface area contributed by atoms with Crippen molar-refractivity contribution in [1.82, 2.24) is 0 Å². The van der Waals surface area contributed by atoms with Crippen LogP contribution in [-0.2, 0) is 14.3 Å². The minimum absolute atomic E-state index is 0.157. The van der Waals surface area contributed by atoms with Crippen LogP contribution in [0.2, 0.25) is 0 Å². The van der Waals surface area contributed by atoms with Gasteiger partial charge in [0.05, 0.1) is 6.61 Å². The van der Waals surface area contributed by atoms with Crippen LogP contribution in [0.1, 0.15) is 123 Å². The standard InChI is InChI=1S/C28H48O3/c1-3-5-7-19-31-28(30)26-18-17-25(20-27(26)29)24-15-13-23(14-16-24)22-11-9-21(10-12-22)8-6-4-2/h21-26H,3-20H2,1-2H3/t21-,22-,23?,24?,25?,26?. The maximum absolute atomic E-state index is 12.7. The minimum Gasteiger partial charge on any atom is -0.465 e. The Labute approximate surface area is 191 Å². The fraction of sp³-hybridized carbons (Fsp3) is 0.929. The number of carbonyl (C=O) groups is 2. The molecule has 3 aliphatic carbocycles. The highest BCUT2D eigenvalue weighted by Crippen LogP contribution is 2.46. The third-order valence-corrected chi connectivity index (χ3v) is 8.96. The molecule has 0 amide bonds. The van der Waals surface area contributed by atoms with Gasteiger partial charge < -0.3 is 4.74 Å². The molecule has 0 aromatic rings. The molecule has 0 aromatic heterocycles. The van der Waals surface area contributed by atoms with Crippen molar-refractivity contribution in [2.45, 2.75) is 123 Å². The van der Waals surface area contributed by atoms with Gasteiger partial charge in [-0.25, -0.2) is 0 Å².